The Balaban J connectivity index is 2.21. The third-order valence-electron chi connectivity index (χ3n) is 2.39. The Hall–Kier alpha value is -1.41. The SMILES string of the molecule is Cc1cnccc1/C=C/c1ccc(Br)cc1. The molecule has 0 unspecified atom stereocenters. The Morgan fingerprint density at radius 1 is 1.06 bits per heavy atom. The number of hydrogen-bond acceptors (Lipinski definition) is 1. The van der Waals surface area contributed by atoms with Crippen molar-refractivity contribution in [3.63, 3.8) is 0 Å². The van der Waals surface area contributed by atoms with E-state index in [4.69, 9.17) is 0 Å². The maximum Gasteiger partial charge on any atom is 0.0303 e. The molecular formula is C14H12BrN. The molecule has 0 amide bonds. The van der Waals surface area contributed by atoms with Crippen molar-refractivity contribution in [2.75, 3.05) is 0 Å². The number of pyridine rings is 1. The Labute approximate surface area is 104 Å². The number of halogens is 1. The van der Waals surface area contributed by atoms with Crippen molar-refractivity contribution in [3.05, 3.63) is 63.9 Å². The van der Waals surface area contributed by atoms with Crippen LogP contribution in [-0.2, 0) is 0 Å². The van der Waals surface area contributed by atoms with Crippen LogP contribution in [0.3, 0.4) is 0 Å². The second-order valence-electron chi connectivity index (χ2n) is 3.62. The third kappa shape index (κ3) is 2.80. The van der Waals surface area contributed by atoms with E-state index in [0.29, 0.717) is 0 Å². The molecule has 0 atom stereocenters. The monoisotopic (exact) mass is 273 g/mol. The summed E-state index contributed by atoms with van der Waals surface area (Å²) in [4.78, 5) is 4.07. The fourth-order valence-corrected chi connectivity index (χ4v) is 1.70. The molecule has 2 rings (SSSR count). The predicted molar refractivity (Wildman–Crippen MR) is 72.0 cm³/mol. The highest BCUT2D eigenvalue weighted by Gasteiger charge is 1.92. The van der Waals surface area contributed by atoms with E-state index >= 15 is 0 Å². The topological polar surface area (TPSA) is 12.9 Å². The van der Waals surface area contributed by atoms with Gasteiger partial charge in [0.15, 0.2) is 0 Å². The second-order valence-corrected chi connectivity index (χ2v) is 4.53. The Bertz CT molecular complexity index is 500. The van der Waals surface area contributed by atoms with Crippen molar-refractivity contribution >= 4 is 28.1 Å². The van der Waals surface area contributed by atoms with Crippen molar-refractivity contribution in [2.45, 2.75) is 6.92 Å². The summed E-state index contributed by atoms with van der Waals surface area (Å²) in [5.41, 5.74) is 3.59. The van der Waals surface area contributed by atoms with Crippen LogP contribution in [0.15, 0.2) is 47.2 Å². The molecule has 0 aliphatic heterocycles. The Morgan fingerprint density at radius 2 is 1.81 bits per heavy atom. The number of rotatable bonds is 2. The second kappa shape index (κ2) is 5.08. The molecule has 16 heavy (non-hydrogen) atoms. The molecule has 0 fully saturated rings. The normalized spacial score (nSPS) is 10.9. The summed E-state index contributed by atoms with van der Waals surface area (Å²) >= 11 is 3.42. The third-order valence-corrected chi connectivity index (χ3v) is 2.92. The van der Waals surface area contributed by atoms with Crippen LogP contribution in [0.5, 0.6) is 0 Å². The van der Waals surface area contributed by atoms with Crippen LogP contribution < -0.4 is 0 Å². The van der Waals surface area contributed by atoms with E-state index in [2.05, 4.69) is 52.1 Å². The maximum absolute atomic E-state index is 4.07. The lowest BCUT2D eigenvalue weighted by Gasteiger charge is -1.98. The highest BCUT2D eigenvalue weighted by atomic mass is 79.9. The van der Waals surface area contributed by atoms with Crippen LogP contribution in [0.2, 0.25) is 0 Å². The first-order valence-electron chi connectivity index (χ1n) is 5.10. The van der Waals surface area contributed by atoms with Gasteiger partial charge in [-0.3, -0.25) is 4.98 Å². The van der Waals surface area contributed by atoms with Gasteiger partial charge in [0, 0.05) is 16.9 Å². The molecule has 0 saturated heterocycles. The Morgan fingerprint density at radius 3 is 2.50 bits per heavy atom. The van der Waals surface area contributed by atoms with E-state index in [1.165, 1.54) is 16.7 Å². The molecule has 0 spiro atoms. The average molecular weight is 274 g/mol. The van der Waals surface area contributed by atoms with Crippen molar-refractivity contribution in [2.24, 2.45) is 0 Å². The highest BCUT2D eigenvalue weighted by Crippen LogP contribution is 2.14. The predicted octanol–water partition coefficient (Wildman–Crippen LogP) is 4.32. The number of aryl methyl sites for hydroxylation is 1. The Kier molecular flexibility index (Phi) is 3.52. The van der Waals surface area contributed by atoms with Gasteiger partial charge in [0.05, 0.1) is 0 Å². The smallest absolute Gasteiger partial charge is 0.0303 e. The zero-order valence-electron chi connectivity index (χ0n) is 9.02. The van der Waals surface area contributed by atoms with Gasteiger partial charge in [0.2, 0.25) is 0 Å². The molecule has 1 nitrogen and oxygen atoms in total. The van der Waals surface area contributed by atoms with E-state index in [1.54, 1.807) is 0 Å². The van der Waals surface area contributed by atoms with Gasteiger partial charge in [-0.15, -0.1) is 0 Å². The number of hydrogen-bond donors (Lipinski definition) is 0. The minimum atomic E-state index is 1.10. The van der Waals surface area contributed by atoms with Gasteiger partial charge in [0.25, 0.3) is 0 Å². The van der Waals surface area contributed by atoms with Gasteiger partial charge in [-0.25, -0.2) is 0 Å². The molecule has 80 valence electrons. The lowest BCUT2D eigenvalue weighted by molar-refractivity contribution is 1.26. The molecule has 0 bridgehead atoms. The molecule has 2 aromatic rings. The van der Waals surface area contributed by atoms with Gasteiger partial charge < -0.3 is 0 Å². The molecule has 1 aromatic carbocycles. The summed E-state index contributed by atoms with van der Waals surface area (Å²) in [6.07, 6.45) is 7.91. The van der Waals surface area contributed by atoms with Gasteiger partial charge in [-0.05, 0) is 41.8 Å². The standard InChI is InChI=1S/C14H12BrN/c1-11-10-16-9-8-13(11)5-2-12-3-6-14(15)7-4-12/h2-10H,1H3/b5-2+. The summed E-state index contributed by atoms with van der Waals surface area (Å²) in [5, 5.41) is 0. The minimum absolute atomic E-state index is 1.10. The van der Waals surface area contributed by atoms with Crippen molar-refractivity contribution in [1.82, 2.24) is 4.98 Å². The summed E-state index contributed by atoms with van der Waals surface area (Å²) in [7, 11) is 0. The van der Waals surface area contributed by atoms with Gasteiger partial charge in [-0.1, -0.05) is 40.2 Å². The fraction of sp³-hybridized carbons (Fsp3) is 0.0714. The van der Waals surface area contributed by atoms with Gasteiger partial charge in [-0.2, -0.15) is 0 Å². The van der Waals surface area contributed by atoms with E-state index in [-0.39, 0.29) is 0 Å². The van der Waals surface area contributed by atoms with Crippen molar-refractivity contribution in [1.29, 1.82) is 0 Å². The van der Waals surface area contributed by atoms with E-state index in [9.17, 15) is 0 Å². The summed E-state index contributed by atoms with van der Waals surface area (Å²) in [6, 6.07) is 10.3. The molecule has 0 aliphatic rings. The van der Waals surface area contributed by atoms with Crippen LogP contribution in [0.1, 0.15) is 16.7 Å². The van der Waals surface area contributed by atoms with Gasteiger partial charge in [0.1, 0.15) is 0 Å². The van der Waals surface area contributed by atoms with Crippen LogP contribution >= 0.6 is 15.9 Å². The molecule has 2 heteroatoms. The molecular weight excluding hydrogens is 262 g/mol. The molecule has 0 aliphatic carbocycles. The molecule has 1 aromatic heterocycles. The molecule has 0 N–H and O–H groups in total. The van der Waals surface area contributed by atoms with Crippen LogP contribution in [0.4, 0.5) is 0 Å². The molecule has 1 heterocycles. The quantitative estimate of drug-likeness (QED) is 0.794. The van der Waals surface area contributed by atoms with E-state index in [0.717, 1.165) is 4.47 Å². The fourth-order valence-electron chi connectivity index (χ4n) is 1.43. The minimum Gasteiger partial charge on any atom is -0.264 e. The molecule has 0 radical (unpaired) electrons. The average Bonchev–Trinajstić information content (AvgIpc) is 2.30. The van der Waals surface area contributed by atoms with Crippen LogP contribution in [-0.4, -0.2) is 4.98 Å². The van der Waals surface area contributed by atoms with Crippen LogP contribution in [0.25, 0.3) is 12.2 Å². The zero-order chi connectivity index (χ0) is 11.4. The van der Waals surface area contributed by atoms with E-state index in [1.807, 2.05) is 30.6 Å². The summed E-state index contributed by atoms with van der Waals surface area (Å²) < 4.78 is 1.10. The number of aromatic nitrogens is 1. The first-order chi connectivity index (χ1) is 7.75. The lowest BCUT2D eigenvalue weighted by atomic mass is 10.1. The van der Waals surface area contributed by atoms with E-state index < -0.39 is 0 Å². The van der Waals surface area contributed by atoms with Crippen molar-refractivity contribution in [3.8, 4) is 0 Å². The lowest BCUT2D eigenvalue weighted by Crippen LogP contribution is -1.81. The number of nitrogens with zero attached hydrogens (tertiary/aromatic N) is 1. The zero-order valence-corrected chi connectivity index (χ0v) is 10.6. The van der Waals surface area contributed by atoms with Crippen molar-refractivity contribution < 1.29 is 0 Å². The molecule has 0 saturated carbocycles. The van der Waals surface area contributed by atoms with Gasteiger partial charge >= 0.3 is 0 Å². The number of benzene rings is 1. The maximum atomic E-state index is 4.07. The highest BCUT2D eigenvalue weighted by molar-refractivity contribution is 9.10. The first kappa shape index (κ1) is 11.1. The summed E-state index contributed by atoms with van der Waals surface area (Å²) in [5.74, 6) is 0. The first-order valence-corrected chi connectivity index (χ1v) is 5.89. The largest absolute Gasteiger partial charge is 0.264 e. The van der Waals surface area contributed by atoms with Crippen LogP contribution in [0, 0.1) is 6.92 Å². The summed E-state index contributed by atoms with van der Waals surface area (Å²) in [6.45, 7) is 2.06.